The minimum atomic E-state index is -0.204. The van der Waals surface area contributed by atoms with Gasteiger partial charge in [0.05, 0.1) is 11.1 Å². The summed E-state index contributed by atoms with van der Waals surface area (Å²) in [5.41, 5.74) is 2.26. The second-order valence-corrected chi connectivity index (χ2v) is 5.30. The zero-order chi connectivity index (χ0) is 14.7. The number of hydrogen-bond donors (Lipinski definition) is 0. The van der Waals surface area contributed by atoms with E-state index >= 15 is 0 Å². The third-order valence-electron chi connectivity index (χ3n) is 3.20. The molecule has 0 saturated carbocycles. The fraction of sp³-hybridized carbons (Fsp3) is 0.294. The summed E-state index contributed by atoms with van der Waals surface area (Å²) in [5, 5.41) is 0. The molecule has 1 atom stereocenters. The molecule has 0 aliphatic carbocycles. The standard InChI is InChI=1S/C17H19NO2/c1-12(2)11-13(3)7-6-10-18-16(19)14-8-4-5-9-15(14)17(18)20/h4-9,11,13H,10H2,1-3H3/b7-6+. The number of imide groups is 1. The van der Waals surface area contributed by atoms with Crippen LogP contribution in [0.2, 0.25) is 0 Å². The zero-order valence-corrected chi connectivity index (χ0v) is 12.1. The predicted octanol–water partition coefficient (Wildman–Crippen LogP) is 3.44. The van der Waals surface area contributed by atoms with Crippen LogP contribution in [0.15, 0.2) is 48.1 Å². The molecule has 0 saturated heterocycles. The van der Waals surface area contributed by atoms with Crippen molar-refractivity contribution in [1.82, 2.24) is 4.90 Å². The highest BCUT2D eigenvalue weighted by Gasteiger charge is 2.33. The van der Waals surface area contributed by atoms with Crippen LogP contribution in [0.5, 0.6) is 0 Å². The Kier molecular flexibility index (Phi) is 4.18. The zero-order valence-electron chi connectivity index (χ0n) is 12.1. The van der Waals surface area contributed by atoms with E-state index in [1.807, 2.05) is 12.2 Å². The minimum Gasteiger partial charge on any atom is -0.270 e. The molecule has 1 aliphatic heterocycles. The maximum atomic E-state index is 12.1. The van der Waals surface area contributed by atoms with Gasteiger partial charge in [-0.05, 0) is 31.9 Å². The molecule has 104 valence electrons. The maximum Gasteiger partial charge on any atom is 0.261 e. The van der Waals surface area contributed by atoms with E-state index in [0.29, 0.717) is 23.6 Å². The van der Waals surface area contributed by atoms with E-state index in [9.17, 15) is 9.59 Å². The Hall–Kier alpha value is -2.16. The van der Waals surface area contributed by atoms with Gasteiger partial charge in [-0.3, -0.25) is 14.5 Å². The average Bonchev–Trinajstić information content (AvgIpc) is 2.63. The number of carbonyl (C=O) groups excluding carboxylic acids is 2. The predicted molar refractivity (Wildman–Crippen MR) is 79.5 cm³/mol. The average molecular weight is 269 g/mol. The van der Waals surface area contributed by atoms with E-state index in [1.54, 1.807) is 24.3 Å². The Morgan fingerprint density at radius 2 is 1.70 bits per heavy atom. The molecule has 20 heavy (non-hydrogen) atoms. The summed E-state index contributed by atoms with van der Waals surface area (Å²) < 4.78 is 0. The van der Waals surface area contributed by atoms with Crippen LogP contribution in [0.4, 0.5) is 0 Å². The summed E-state index contributed by atoms with van der Waals surface area (Å²) in [6.45, 7) is 6.50. The number of amides is 2. The Bertz CT molecular complexity index is 560. The van der Waals surface area contributed by atoms with Gasteiger partial charge in [0.2, 0.25) is 0 Å². The van der Waals surface area contributed by atoms with E-state index < -0.39 is 0 Å². The highest BCUT2D eigenvalue weighted by molar-refractivity contribution is 6.21. The van der Waals surface area contributed by atoms with Gasteiger partial charge < -0.3 is 0 Å². The lowest BCUT2D eigenvalue weighted by molar-refractivity contribution is 0.0672. The number of rotatable bonds is 4. The molecular formula is C17H19NO2. The quantitative estimate of drug-likeness (QED) is 0.620. The molecule has 0 N–H and O–H groups in total. The molecule has 1 aromatic carbocycles. The van der Waals surface area contributed by atoms with Gasteiger partial charge in [-0.15, -0.1) is 0 Å². The fourth-order valence-corrected chi connectivity index (χ4v) is 2.37. The summed E-state index contributed by atoms with van der Waals surface area (Å²) in [5.74, 6) is -0.106. The smallest absolute Gasteiger partial charge is 0.261 e. The lowest BCUT2D eigenvalue weighted by Crippen LogP contribution is -2.29. The summed E-state index contributed by atoms with van der Waals surface area (Å²) >= 11 is 0. The molecule has 0 bridgehead atoms. The number of fused-ring (bicyclic) bond motifs is 1. The van der Waals surface area contributed by atoms with Crippen LogP contribution in [0.3, 0.4) is 0 Å². The van der Waals surface area contributed by atoms with Crippen LogP contribution in [-0.2, 0) is 0 Å². The van der Waals surface area contributed by atoms with Crippen LogP contribution < -0.4 is 0 Å². The summed E-state index contributed by atoms with van der Waals surface area (Å²) in [7, 11) is 0. The SMILES string of the molecule is CC(C)=CC(C)/C=C/CN1C(=O)c2ccccc2C1=O. The number of nitrogens with zero attached hydrogens (tertiary/aromatic N) is 1. The Labute approximate surface area is 119 Å². The summed E-state index contributed by atoms with van der Waals surface area (Å²) in [4.78, 5) is 25.5. The van der Waals surface area contributed by atoms with Crippen molar-refractivity contribution in [1.29, 1.82) is 0 Å². The molecule has 0 aromatic heterocycles. The molecule has 3 nitrogen and oxygen atoms in total. The van der Waals surface area contributed by atoms with Crippen molar-refractivity contribution in [2.24, 2.45) is 5.92 Å². The van der Waals surface area contributed by atoms with E-state index in [4.69, 9.17) is 0 Å². The third-order valence-corrected chi connectivity index (χ3v) is 3.20. The number of hydrogen-bond acceptors (Lipinski definition) is 2. The van der Waals surface area contributed by atoms with Crippen LogP contribution in [-0.4, -0.2) is 23.3 Å². The third kappa shape index (κ3) is 2.87. The molecule has 0 fully saturated rings. The normalized spacial score (nSPS) is 15.7. The summed E-state index contributed by atoms with van der Waals surface area (Å²) in [6, 6.07) is 6.96. The molecule has 1 unspecified atom stereocenters. The monoisotopic (exact) mass is 269 g/mol. The topological polar surface area (TPSA) is 37.4 Å². The summed E-state index contributed by atoms with van der Waals surface area (Å²) in [6.07, 6.45) is 6.03. The fourth-order valence-electron chi connectivity index (χ4n) is 2.37. The number of allylic oxidation sites excluding steroid dienone is 3. The Balaban J connectivity index is 2.06. The number of carbonyl (C=O) groups is 2. The van der Waals surface area contributed by atoms with Gasteiger partial charge in [0.15, 0.2) is 0 Å². The highest BCUT2D eigenvalue weighted by atomic mass is 16.2. The molecule has 0 spiro atoms. The molecule has 2 amide bonds. The Morgan fingerprint density at radius 1 is 1.15 bits per heavy atom. The van der Waals surface area contributed by atoms with E-state index in [-0.39, 0.29) is 11.8 Å². The second-order valence-electron chi connectivity index (χ2n) is 5.30. The van der Waals surface area contributed by atoms with Crippen molar-refractivity contribution in [2.45, 2.75) is 20.8 Å². The Morgan fingerprint density at radius 3 is 2.20 bits per heavy atom. The van der Waals surface area contributed by atoms with Gasteiger partial charge in [0.1, 0.15) is 0 Å². The van der Waals surface area contributed by atoms with Crippen molar-refractivity contribution in [3.8, 4) is 0 Å². The van der Waals surface area contributed by atoms with Crippen LogP contribution in [0.1, 0.15) is 41.5 Å². The lowest BCUT2D eigenvalue weighted by Gasteiger charge is -2.10. The van der Waals surface area contributed by atoms with Crippen molar-refractivity contribution < 1.29 is 9.59 Å². The van der Waals surface area contributed by atoms with Gasteiger partial charge in [-0.2, -0.15) is 0 Å². The van der Waals surface area contributed by atoms with Gasteiger partial charge in [0, 0.05) is 6.54 Å². The molecule has 1 aromatic rings. The van der Waals surface area contributed by atoms with E-state index in [1.165, 1.54) is 10.5 Å². The highest BCUT2D eigenvalue weighted by Crippen LogP contribution is 2.22. The molecule has 3 heteroatoms. The molecule has 1 aliphatic rings. The van der Waals surface area contributed by atoms with Gasteiger partial charge in [0.25, 0.3) is 11.8 Å². The van der Waals surface area contributed by atoms with Crippen LogP contribution >= 0.6 is 0 Å². The molecule has 1 heterocycles. The van der Waals surface area contributed by atoms with E-state index in [2.05, 4.69) is 26.8 Å². The first-order valence-electron chi connectivity index (χ1n) is 6.77. The van der Waals surface area contributed by atoms with Crippen LogP contribution in [0, 0.1) is 5.92 Å². The van der Waals surface area contributed by atoms with Crippen molar-refractivity contribution >= 4 is 11.8 Å². The largest absolute Gasteiger partial charge is 0.270 e. The van der Waals surface area contributed by atoms with Gasteiger partial charge in [-0.25, -0.2) is 0 Å². The molecule has 0 radical (unpaired) electrons. The van der Waals surface area contributed by atoms with Gasteiger partial charge >= 0.3 is 0 Å². The van der Waals surface area contributed by atoms with Crippen molar-refractivity contribution in [3.05, 3.63) is 59.2 Å². The first-order chi connectivity index (χ1) is 9.50. The maximum absolute atomic E-state index is 12.1. The van der Waals surface area contributed by atoms with Gasteiger partial charge in [-0.1, -0.05) is 42.9 Å². The van der Waals surface area contributed by atoms with Crippen molar-refractivity contribution in [3.63, 3.8) is 0 Å². The van der Waals surface area contributed by atoms with Crippen LogP contribution in [0.25, 0.3) is 0 Å². The second kappa shape index (κ2) is 5.87. The minimum absolute atomic E-state index is 0.204. The van der Waals surface area contributed by atoms with E-state index in [0.717, 1.165) is 0 Å². The first kappa shape index (κ1) is 14.3. The molecule has 2 rings (SSSR count). The van der Waals surface area contributed by atoms with Crippen molar-refractivity contribution in [2.75, 3.05) is 6.54 Å². The number of benzene rings is 1. The molecular weight excluding hydrogens is 250 g/mol. The first-order valence-corrected chi connectivity index (χ1v) is 6.77. The lowest BCUT2D eigenvalue weighted by atomic mass is 10.1.